The fourth-order valence-corrected chi connectivity index (χ4v) is 5.57. The van der Waals surface area contributed by atoms with Crippen molar-refractivity contribution in [3.05, 3.63) is 101 Å². The zero-order valence-corrected chi connectivity index (χ0v) is 23.3. The van der Waals surface area contributed by atoms with E-state index in [4.69, 9.17) is 19.9 Å². The van der Waals surface area contributed by atoms with Crippen molar-refractivity contribution in [2.45, 2.75) is 38.7 Å². The van der Waals surface area contributed by atoms with E-state index in [1.807, 2.05) is 55.6 Å². The number of ether oxygens (including phenoxy) is 3. The molecule has 0 bridgehead atoms. The lowest BCUT2D eigenvalue weighted by molar-refractivity contribution is -0.0563. The van der Waals surface area contributed by atoms with Crippen LogP contribution in [0.1, 0.15) is 44.5 Å². The summed E-state index contributed by atoms with van der Waals surface area (Å²) in [6.45, 7) is 3.79. The first-order chi connectivity index (χ1) is 19.9. The van der Waals surface area contributed by atoms with Crippen LogP contribution in [-0.2, 0) is 14.2 Å². The SMILES string of the molecule is Cc1ccc(C(=O)OC[C@H]2O[C@@H](n3cnc4c(-c5cccs5)cc(N)nc43)C[C@@H]2OC(=O)c2ccc(C)cc2)cc1. The Labute approximate surface area is 240 Å². The van der Waals surface area contributed by atoms with E-state index in [2.05, 4.69) is 9.97 Å². The summed E-state index contributed by atoms with van der Waals surface area (Å²) in [6, 6.07) is 20.0. The predicted molar refractivity (Wildman–Crippen MR) is 156 cm³/mol. The number of carbonyl (C=O) groups is 2. The highest BCUT2D eigenvalue weighted by Gasteiger charge is 2.40. The minimum atomic E-state index is -0.709. The first-order valence-electron chi connectivity index (χ1n) is 13.2. The fourth-order valence-electron chi connectivity index (χ4n) is 4.83. The Bertz CT molecular complexity index is 1700. The fraction of sp³-hybridized carbons (Fsp3) is 0.226. The van der Waals surface area contributed by atoms with Gasteiger partial charge in [0, 0.05) is 16.9 Å². The van der Waals surface area contributed by atoms with Gasteiger partial charge in [-0.2, -0.15) is 0 Å². The van der Waals surface area contributed by atoms with Crippen LogP contribution < -0.4 is 5.73 Å². The smallest absolute Gasteiger partial charge is 0.338 e. The molecule has 6 rings (SSSR count). The highest BCUT2D eigenvalue weighted by Crippen LogP contribution is 2.37. The molecule has 1 fully saturated rings. The maximum absolute atomic E-state index is 13.0. The molecule has 10 heteroatoms. The highest BCUT2D eigenvalue weighted by molar-refractivity contribution is 7.13. The summed E-state index contributed by atoms with van der Waals surface area (Å²) in [4.78, 5) is 36.0. The number of esters is 2. The number of pyridine rings is 1. The van der Waals surface area contributed by atoms with Crippen LogP contribution in [0, 0.1) is 13.8 Å². The Morgan fingerprint density at radius 2 is 1.71 bits per heavy atom. The number of carbonyl (C=O) groups excluding carboxylic acids is 2. The molecule has 41 heavy (non-hydrogen) atoms. The zero-order chi connectivity index (χ0) is 28.5. The average Bonchev–Trinajstić information content (AvgIpc) is 3.72. The number of rotatable bonds is 7. The molecular weight excluding hydrogens is 540 g/mol. The number of fused-ring (bicyclic) bond motifs is 1. The number of imidazole rings is 1. The molecule has 3 aromatic heterocycles. The number of hydrogen-bond donors (Lipinski definition) is 1. The third kappa shape index (κ3) is 5.57. The quantitative estimate of drug-likeness (QED) is 0.247. The number of nitrogen functional groups attached to an aromatic ring is 1. The van der Waals surface area contributed by atoms with Gasteiger partial charge >= 0.3 is 11.9 Å². The molecule has 1 aliphatic rings. The van der Waals surface area contributed by atoms with Crippen molar-refractivity contribution in [3.63, 3.8) is 0 Å². The van der Waals surface area contributed by atoms with Gasteiger partial charge in [0.05, 0.1) is 17.5 Å². The molecule has 0 amide bonds. The zero-order valence-electron chi connectivity index (χ0n) is 22.5. The third-order valence-electron chi connectivity index (χ3n) is 7.04. The van der Waals surface area contributed by atoms with Gasteiger partial charge in [-0.05, 0) is 55.6 Å². The molecule has 0 unspecified atom stereocenters. The van der Waals surface area contributed by atoms with Crippen molar-refractivity contribution in [1.82, 2.24) is 14.5 Å². The van der Waals surface area contributed by atoms with Gasteiger partial charge < -0.3 is 19.9 Å². The van der Waals surface area contributed by atoms with Crippen molar-refractivity contribution in [2.75, 3.05) is 12.3 Å². The number of aromatic nitrogens is 3. The first kappa shape index (κ1) is 26.7. The van der Waals surface area contributed by atoms with Crippen LogP contribution in [0.4, 0.5) is 5.82 Å². The Morgan fingerprint density at radius 3 is 2.37 bits per heavy atom. The van der Waals surface area contributed by atoms with Gasteiger partial charge in [-0.1, -0.05) is 41.5 Å². The van der Waals surface area contributed by atoms with Crippen LogP contribution in [0.25, 0.3) is 21.6 Å². The minimum Gasteiger partial charge on any atom is -0.459 e. The van der Waals surface area contributed by atoms with Crippen LogP contribution in [0.3, 0.4) is 0 Å². The number of benzene rings is 2. The van der Waals surface area contributed by atoms with Crippen LogP contribution >= 0.6 is 11.3 Å². The Morgan fingerprint density at radius 1 is 1.02 bits per heavy atom. The average molecular weight is 569 g/mol. The predicted octanol–water partition coefficient (Wildman–Crippen LogP) is 5.73. The summed E-state index contributed by atoms with van der Waals surface area (Å²) in [5.41, 5.74) is 11.2. The molecule has 1 saturated heterocycles. The van der Waals surface area contributed by atoms with E-state index in [9.17, 15) is 9.59 Å². The van der Waals surface area contributed by atoms with Crippen molar-refractivity contribution < 1.29 is 23.8 Å². The van der Waals surface area contributed by atoms with Crippen molar-refractivity contribution in [3.8, 4) is 10.4 Å². The van der Waals surface area contributed by atoms with Crippen LogP contribution in [0.2, 0.25) is 0 Å². The minimum absolute atomic E-state index is 0.0995. The Balaban J connectivity index is 1.27. The van der Waals surface area contributed by atoms with Gasteiger partial charge in [0.2, 0.25) is 0 Å². The van der Waals surface area contributed by atoms with E-state index in [-0.39, 0.29) is 6.61 Å². The molecule has 0 saturated carbocycles. The molecule has 1 aliphatic heterocycles. The second-order valence-electron chi connectivity index (χ2n) is 10.0. The number of thiophene rings is 1. The second kappa shape index (κ2) is 11.1. The molecule has 0 spiro atoms. The molecule has 2 aromatic carbocycles. The van der Waals surface area contributed by atoms with Gasteiger partial charge in [0.1, 0.15) is 36.4 Å². The highest BCUT2D eigenvalue weighted by atomic mass is 32.1. The standard InChI is InChI=1S/C31H28N4O5S/c1-18-5-9-20(10-6-18)30(36)38-16-24-23(40-31(37)21-11-7-19(2)8-12-21)15-27(39-24)35-17-33-28-22(25-4-3-13-41-25)14-26(32)34-29(28)35/h3-14,17,23-24,27H,15-16H2,1-2H3,(H2,32,34)/t23-,24+,27+/m0/s1. The van der Waals surface area contributed by atoms with E-state index < -0.39 is 30.4 Å². The van der Waals surface area contributed by atoms with E-state index in [1.165, 1.54) is 0 Å². The lowest BCUT2D eigenvalue weighted by Crippen LogP contribution is -2.32. The Hall–Kier alpha value is -4.54. The van der Waals surface area contributed by atoms with Crippen LogP contribution in [-0.4, -0.2) is 45.3 Å². The third-order valence-corrected chi connectivity index (χ3v) is 7.94. The molecular formula is C31H28N4O5S. The van der Waals surface area contributed by atoms with Crippen molar-refractivity contribution in [2.24, 2.45) is 0 Å². The number of hydrogen-bond acceptors (Lipinski definition) is 9. The molecule has 5 aromatic rings. The van der Waals surface area contributed by atoms with E-state index in [0.717, 1.165) is 21.6 Å². The topological polar surface area (TPSA) is 119 Å². The number of nitrogens with two attached hydrogens (primary N) is 1. The molecule has 0 aliphatic carbocycles. The van der Waals surface area contributed by atoms with Crippen LogP contribution in [0.5, 0.6) is 0 Å². The molecule has 3 atom stereocenters. The molecule has 9 nitrogen and oxygen atoms in total. The largest absolute Gasteiger partial charge is 0.459 e. The maximum Gasteiger partial charge on any atom is 0.338 e. The lowest BCUT2D eigenvalue weighted by Gasteiger charge is -2.19. The molecule has 0 radical (unpaired) electrons. The summed E-state index contributed by atoms with van der Waals surface area (Å²) in [6.07, 6.45) is -0.0164. The lowest BCUT2D eigenvalue weighted by atomic mass is 10.1. The van der Waals surface area contributed by atoms with Gasteiger partial charge in [-0.15, -0.1) is 11.3 Å². The maximum atomic E-state index is 13.0. The van der Waals surface area contributed by atoms with E-state index in [0.29, 0.717) is 34.5 Å². The van der Waals surface area contributed by atoms with Crippen molar-refractivity contribution >= 4 is 40.3 Å². The summed E-state index contributed by atoms with van der Waals surface area (Å²) < 4.78 is 19.7. The second-order valence-corrected chi connectivity index (χ2v) is 11.0. The van der Waals surface area contributed by atoms with Crippen molar-refractivity contribution in [1.29, 1.82) is 0 Å². The van der Waals surface area contributed by atoms with E-state index >= 15 is 0 Å². The summed E-state index contributed by atoms with van der Waals surface area (Å²) in [5, 5.41) is 1.99. The summed E-state index contributed by atoms with van der Waals surface area (Å²) in [5.74, 6) is -0.609. The molecule has 2 N–H and O–H groups in total. The monoisotopic (exact) mass is 568 g/mol. The summed E-state index contributed by atoms with van der Waals surface area (Å²) >= 11 is 1.59. The molecule has 208 valence electrons. The normalized spacial score (nSPS) is 18.4. The number of nitrogens with zero attached hydrogens (tertiary/aromatic N) is 3. The van der Waals surface area contributed by atoms with Gasteiger partial charge in [0.15, 0.2) is 5.65 Å². The number of aryl methyl sites for hydroxylation is 2. The van der Waals surface area contributed by atoms with Gasteiger partial charge in [-0.3, -0.25) is 4.57 Å². The van der Waals surface area contributed by atoms with E-state index in [1.54, 1.807) is 52.6 Å². The summed E-state index contributed by atoms with van der Waals surface area (Å²) in [7, 11) is 0. The molecule has 4 heterocycles. The number of anilines is 1. The van der Waals surface area contributed by atoms with Gasteiger partial charge in [0.25, 0.3) is 0 Å². The van der Waals surface area contributed by atoms with Gasteiger partial charge in [-0.25, -0.2) is 19.6 Å². The first-order valence-corrected chi connectivity index (χ1v) is 14.1. The Kier molecular flexibility index (Phi) is 7.25. The van der Waals surface area contributed by atoms with Crippen LogP contribution in [0.15, 0.2) is 78.4 Å².